The van der Waals surface area contributed by atoms with Gasteiger partial charge in [0.2, 0.25) is 5.91 Å². The van der Waals surface area contributed by atoms with Gasteiger partial charge in [-0.05, 0) is 68.1 Å². The van der Waals surface area contributed by atoms with Crippen molar-refractivity contribution in [2.75, 3.05) is 6.54 Å². The molecule has 1 aromatic heterocycles. The summed E-state index contributed by atoms with van der Waals surface area (Å²) in [7, 11) is 0. The van der Waals surface area contributed by atoms with E-state index < -0.39 is 41.7 Å². The number of piperidine rings is 1. The molecule has 2 aliphatic rings. The van der Waals surface area contributed by atoms with Gasteiger partial charge in [-0.25, -0.2) is 9.78 Å². The Bertz CT molecular complexity index is 963. The fraction of sp³-hybridized carbons (Fsp3) is 0.636. The van der Waals surface area contributed by atoms with Crippen molar-refractivity contribution in [1.82, 2.24) is 15.2 Å². The first-order valence-electron chi connectivity index (χ1n) is 10.6. The van der Waals surface area contributed by atoms with Crippen LogP contribution in [0.1, 0.15) is 51.3 Å². The molecule has 2 fully saturated rings. The van der Waals surface area contributed by atoms with Crippen LogP contribution in [0.25, 0.3) is 0 Å². The first-order valence-corrected chi connectivity index (χ1v) is 11.4. The van der Waals surface area contributed by atoms with Gasteiger partial charge in [0.25, 0.3) is 0 Å². The highest BCUT2D eigenvalue weighted by atomic mass is 79.9. The Morgan fingerprint density at radius 3 is 2.52 bits per heavy atom. The molecule has 1 saturated heterocycles. The maximum atomic E-state index is 13.3. The van der Waals surface area contributed by atoms with Crippen LogP contribution in [-0.2, 0) is 20.7 Å². The second kappa shape index (κ2) is 8.88. The molecule has 1 N–H and O–H groups in total. The predicted molar refractivity (Wildman–Crippen MR) is 116 cm³/mol. The SMILES string of the molecule is Cc1ccc(Br)nc1CC(=O)[C@@H]1C[C@@]2(CNC(=O)CC(F)(F)F)C[C@H]2N1C(=O)OC(C)(C)C. The molecule has 182 valence electrons. The normalized spacial score (nSPS) is 24.3. The van der Waals surface area contributed by atoms with Crippen LogP contribution < -0.4 is 5.32 Å². The van der Waals surface area contributed by atoms with E-state index in [1.54, 1.807) is 26.8 Å². The number of ketones is 1. The summed E-state index contributed by atoms with van der Waals surface area (Å²) in [6.45, 7) is 6.93. The van der Waals surface area contributed by atoms with E-state index in [1.807, 2.05) is 13.0 Å². The van der Waals surface area contributed by atoms with Gasteiger partial charge in [0.05, 0.1) is 18.2 Å². The Labute approximate surface area is 198 Å². The Morgan fingerprint density at radius 2 is 1.91 bits per heavy atom. The van der Waals surface area contributed by atoms with Gasteiger partial charge < -0.3 is 10.1 Å². The molecule has 2 heterocycles. The number of rotatable bonds is 6. The van der Waals surface area contributed by atoms with E-state index in [2.05, 4.69) is 26.2 Å². The second-order valence-corrected chi connectivity index (χ2v) is 10.6. The maximum Gasteiger partial charge on any atom is 0.411 e. The molecule has 1 aliphatic heterocycles. The average molecular weight is 534 g/mol. The van der Waals surface area contributed by atoms with E-state index in [1.165, 1.54) is 4.90 Å². The topological polar surface area (TPSA) is 88.6 Å². The number of nitrogens with zero attached hydrogens (tertiary/aromatic N) is 2. The minimum atomic E-state index is -4.60. The summed E-state index contributed by atoms with van der Waals surface area (Å²) in [4.78, 5) is 43.6. The standard InChI is InChI=1S/C22H27BrF3N3O4/c1-12-5-6-17(23)28-13(12)7-15(30)14-8-21(11-27-18(31)10-22(24,25)26)9-16(21)29(14)19(32)33-20(2,3)4/h5-6,14,16H,7-11H2,1-4H3,(H,27,31)/t14-,16+,21-/m0/s1. The van der Waals surface area contributed by atoms with E-state index in [0.29, 0.717) is 16.7 Å². The zero-order chi connectivity index (χ0) is 24.8. The van der Waals surface area contributed by atoms with Crippen molar-refractivity contribution in [3.63, 3.8) is 0 Å². The zero-order valence-corrected chi connectivity index (χ0v) is 20.5. The minimum absolute atomic E-state index is 0.00152. The van der Waals surface area contributed by atoms with Crippen LogP contribution in [0, 0.1) is 12.3 Å². The molecule has 7 nitrogen and oxygen atoms in total. The Morgan fingerprint density at radius 1 is 1.24 bits per heavy atom. The molecule has 2 amide bonds. The number of aromatic nitrogens is 1. The molecule has 0 unspecified atom stereocenters. The number of hydrogen-bond donors (Lipinski definition) is 1. The van der Waals surface area contributed by atoms with Gasteiger partial charge in [-0.15, -0.1) is 0 Å². The number of ether oxygens (including phenoxy) is 1. The molecular formula is C22H27BrF3N3O4. The molecule has 1 saturated carbocycles. The van der Waals surface area contributed by atoms with Crippen molar-refractivity contribution in [3.8, 4) is 0 Å². The van der Waals surface area contributed by atoms with Crippen LogP contribution in [-0.4, -0.2) is 58.1 Å². The first kappa shape index (κ1) is 25.5. The quantitative estimate of drug-likeness (QED) is 0.556. The lowest BCUT2D eigenvalue weighted by atomic mass is 9.94. The molecule has 1 aliphatic carbocycles. The van der Waals surface area contributed by atoms with Gasteiger partial charge in [-0.3, -0.25) is 14.5 Å². The number of aryl methyl sites for hydroxylation is 1. The van der Waals surface area contributed by atoms with Crippen molar-refractivity contribution in [2.24, 2.45) is 5.41 Å². The molecule has 1 aromatic rings. The molecule has 0 aromatic carbocycles. The van der Waals surface area contributed by atoms with Gasteiger partial charge in [-0.1, -0.05) is 6.07 Å². The summed E-state index contributed by atoms with van der Waals surface area (Å²) >= 11 is 3.29. The highest BCUT2D eigenvalue weighted by molar-refractivity contribution is 9.10. The van der Waals surface area contributed by atoms with Crippen molar-refractivity contribution in [2.45, 2.75) is 77.2 Å². The fourth-order valence-corrected chi connectivity index (χ4v) is 4.61. The number of amides is 2. The number of Topliss-reactive ketones (excluding diaryl/α,β-unsaturated/α-hetero) is 1. The molecule has 3 atom stereocenters. The Kier molecular flexibility index (Phi) is 6.85. The summed E-state index contributed by atoms with van der Waals surface area (Å²) in [5, 5.41) is 2.33. The third-order valence-electron chi connectivity index (χ3n) is 5.90. The third kappa shape index (κ3) is 6.24. The molecule has 11 heteroatoms. The first-order chi connectivity index (χ1) is 15.1. The fourth-order valence-electron chi connectivity index (χ4n) is 4.27. The maximum absolute atomic E-state index is 13.3. The monoisotopic (exact) mass is 533 g/mol. The number of nitrogens with one attached hydrogen (secondary N) is 1. The lowest BCUT2D eigenvalue weighted by molar-refractivity contribution is -0.153. The van der Waals surface area contributed by atoms with Gasteiger partial charge >= 0.3 is 12.3 Å². The number of fused-ring (bicyclic) bond motifs is 1. The van der Waals surface area contributed by atoms with Crippen LogP contribution in [0.4, 0.5) is 18.0 Å². The number of halogens is 4. The summed E-state index contributed by atoms with van der Waals surface area (Å²) in [5.41, 5.74) is -0.0221. The molecule has 0 spiro atoms. The van der Waals surface area contributed by atoms with E-state index >= 15 is 0 Å². The van der Waals surface area contributed by atoms with Crippen LogP contribution in [0.2, 0.25) is 0 Å². The van der Waals surface area contributed by atoms with Crippen LogP contribution in [0.5, 0.6) is 0 Å². The lowest BCUT2D eigenvalue weighted by Gasteiger charge is -2.29. The van der Waals surface area contributed by atoms with Crippen LogP contribution in [0.3, 0.4) is 0 Å². The van der Waals surface area contributed by atoms with Gasteiger partial charge in [0.1, 0.15) is 16.6 Å². The van der Waals surface area contributed by atoms with E-state index in [-0.39, 0.29) is 31.2 Å². The van der Waals surface area contributed by atoms with Crippen molar-refractivity contribution >= 4 is 33.7 Å². The predicted octanol–water partition coefficient (Wildman–Crippen LogP) is 4.10. The number of likely N-dealkylation sites (tertiary alicyclic amines) is 1. The second-order valence-electron chi connectivity index (χ2n) is 9.80. The number of alkyl halides is 3. The summed E-state index contributed by atoms with van der Waals surface area (Å²) < 4.78 is 43.6. The van der Waals surface area contributed by atoms with E-state index in [4.69, 9.17) is 4.74 Å². The Balaban J connectivity index is 1.77. The van der Waals surface area contributed by atoms with Crippen LogP contribution in [0.15, 0.2) is 16.7 Å². The third-order valence-corrected chi connectivity index (χ3v) is 6.34. The summed E-state index contributed by atoms with van der Waals surface area (Å²) in [5.74, 6) is -1.36. The van der Waals surface area contributed by atoms with E-state index in [0.717, 1.165) is 5.56 Å². The van der Waals surface area contributed by atoms with Gasteiger partial charge in [0, 0.05) is 18.0 Å². The number of carbonyl (C=O) groups is 3. The molecule has 3 rings (SSSR count). The number of hydrogen-bond acceptors (Lipinski definition) is 5. The summed E-state index contributed by atoms with van der Waals surface area (Å²) in [6, 6.07) is 2.40. The molecular weight excluding hydrogens is 507 g/mol. The lowest BCUT2D eigenvalue weighted by Crippen LogP contribution is -2.46. The Hall–Kier alpha value is -2.17. The zero-order valence-electron chi connectivity index (χ0n) is 18.9. The van der Waals surface area contributed by atoms with Crippen LogP contribution >= 0.6 is 15.9 Å². The molecule has 0 radical (unpaired) electrons. The molecule has 0 bridgehead atoms. The van der Waals surface area contributed by atoms with E-state index in [9.17, 15) is 27.6 Å². The highest BCUT2D eigenvalue weighted by Gasteiger charge is 2.67. The van der Waals surface area contributed by atoms with Gasteiger partial charge in [0.15, 0.2) is 5.78 Å². The number of carbonyl (C=O) groups excluding carboxylic acids is 3. The smallest absolute Gasteiger partial charge is 0.411 e. The molecule has 33 heavy (non-hydrogen) atoms. The minimum Gasteiger partial charge on any atom is -0.444 e. The number of pyridine rings is 1. The largest absolute Gasteiger partial charge is 0.444 e. The van der Waals surface area contributed by atoms with Crippen molar-refractivity contribution in [3.05, 3.63) is 28.0 Å². The van der Waals surface area contributed by atoms with Gasteiger partial charge in [-0.2, -0.15) is 13.2 Å². The summed E-state index contributed by atoms with van der Waals surface area (Å²) in [6.07, 6.45) is -6.09. The highest BCUT2D eigenvalue weighted by Crippen LogP contribution is 2.59. The van der Waals surface area contributed by atoms with Crippen molar-refractivity contribution in [1.29, 1.82) is 0 Å². The van der Waals surface area contributed by atoms with Crippen molar-refractivity contribution < 1.29 is 32.3 Å². The average Bonchev–Trinajstić information content (AvgIpc) is 3.24.